The third-order valence-corrected chi connectivity index (χ3v) is 6.10. The van der Waals surface area contributed by atoms with Gasteiger partial charge in [-0.05, 0) is 22.6 Å². The summed E-state index contributed by atoms with van der Waals surface area (Å²) in [6.07, 6.45) is 4.13. The van der Waals surface area contributed by atoms with Crippen LogP contribution in [-0.2, 0) is 9.84 Å². The van der Waals surface area contributed by atoms with Crippen LogP contribution in [0, 0.1) is 22.8 Å². The van der Waals surface area contributed by atoms with Gasteiger partial charge in [0.25, 0.3) is 0 Å². The number of rotatable bonds is 2. The number of sulfone groups is 1. The Morgan fingerprint density at radius 2 is 1.70 bits per heavy atom. The average molecular weight is 385 g/mol. The molecule has 0 bridgehead atoms. The number of nitrogens with one attached hydrogen (secondary N) is 1. The van der Waals surface area contributed by atoms with E-state index in [1.54, 1.807) is 12.1 Å². The van der Waals surface area contributed by atoms with Crippen LogP contribution in [0.5, 0.6) is 0 Å². The summed E-state index contributed by atoms with van der Waals surface area (Å²) in [6.45, 7) is 0.672. The second-order valence-corrected chi connectivity index (χ2v) is 8.55. The van der Waals surface area contributed by atoms with E-state index in [-0.39, 0.29) is 22.9 Å². The fourth-order valence-electron chi connectivity index (χ4n) is 2.79. The maximum absolute atomic E-state index is 11.4. The first-order valence-electron chi connectivity index (χ1n) is 8.25. The van der Waals surface area contributed by atoms with Crippen molar-refractivity contribution in [1.29, 1.82) is 0 Å². The Labute approximate surface area is 157 Å². The summed E-state index contributed by atoms with van der Waals surface area (Å²) in [5, 5.41) is 13.9. The molecule has 1 amide bonds. The number of nitrogens with zero attached hydrogens (tertiary/aromatic N) is 1. The summed E-state index contributed by atoms with van der Waals surface area (Å²) >= 11 is 0. The zero-order chi connectivity index (χ0) is 19.6. The molecular weight excluding hydrogens is 366 g/mol. The van der Waals surface area contributed by atoms with Gasteiger partial charge in [0.15, 0.2) is 9.84 Å². The lowest BCUT2D eigenvalue weighted by atomic mass is 10.1. The molecular formula is C19H19N3O4S. The number of carboxylic acid groups (broad SMARTS) is 1. The van der Waals surface area contributed by atoms with E-state index in [2.05, 4.69) is 35.5 Å². The Morgan fingerprint density at radius 3 is 2.11 bits per heavy atom. The molecule has 1 aromatic carbocycles. The molecule has 0 spiro atoms. The highest BCUT2D eigenvalue weighted by molar-refractivity contribution is 7.91. The molecule has 0 radical (unpaired) electrons. The Hall–Kier alpha value is -3.18. The molecule has 27 heavy (non-hydrogen) atoms. The van der Waals surface area contributed by atoms with Crippen molar-refractivity contribution in [3.63, 3.8) is 0 Å². The predicted molar refractivity (Wildman–Crippen MR) is 105 cm³/mol. The highest BCUT2D eigenvalue weighted by atomic mass is 32.2. The third kappa shape index (κ3) is 4.15. The van der Waals surface area contributed by atoms with Gasteiger partial charge in [0.1, 0.15) is 0 Å². The number of amides is 1. The molecule has 7 nitrogen and oxygen atoms in total. The number of nitrogens with two attached hydrogens (primary N) is 1. The number of carbonyl (C=O) groups is 1. The number of nitrogen functional groups attached to an aromatic ring is 1. The van der Waals surface area contributed by atoms with Crippen LogP contribution in [0.25, 0.3) is 0 Å². The topological polar surface area (TPSA) is 113 Å². The number of benzene rings is 2. The minimum absolute atomic E-state index is 0.0600. The third-order valence-electron chi connectivity index (χ3n) is 4.49. The van der Waals surface area contributed by atoms with E-state index >= 15 is 0 Å². The first-order valence-corrected chi connectivity index (χ1v) is 10.1. The molecule has 2 aliphatic carbocycles. The van der Waals surface area contributed by atoms with Gasteiger partial charge in [0, 0.05) is 18.8 Å². The van der Waals surface area contributed by atoms with Gasteiger partial charge in [-0.3, -0.25) is 5.32 Å². The van der Waals surface area contributed by atoms with E-state index in [0.717, 1.165) is 0 Å². The molecule has 3 aliphatic rings. The van der Waals surface area contributed by atoms with Crippen LogP contribution in [0.3, 0.4) is 0 Å². The van der Waals surface area contributed by atoms with Crippen LogP contribution in [-0.4, -0.2) is 44.2 Å². The largest absolute Gasteiger partial charge is 0.465 e. The summed E-state index contributed by atoms with van der Waals surface area (Å²) in [6, 6.07) is 11.7. The fraction of sp³-hybridized carbons (Fsp3) is 0.211. The number of terminal acetylenes is 1. The van der Waals surface area contributed by atoms with Gasteiger partial charge in [-0.25, -0.2) is 13.2 Å². The number of anilines is 3. The number of hydrogen-bond donors (Lipinski definition) is 3. The average Bonchev–Trinajstić information content (AvgIpc) is 2.60. The van der Waals surface area contributed by atoms with Crippen LogP contribution >= 0.6 is 0 Å². The molecule has 1 aromatic rings. The SMILES string of the molecule is C#Cc1cc(N2CCS(=O)(=O)CC2)cc(NC(=O)O)c1N.c1cc2ccc1=2. The van der Waals surface area contributed by atoms with Crippen molar-refractivity contribution in [2.24, 2.45) is 0 Å². The smallest absolute Gasteiger partial charge is 0.409 e. The molecule has 1 heterocycles. The van der Waals surface area contributed by atoms with Gasteiger partial charge in [-0.1, -0.05) is 30.2 Å². The molecule has 4 rings (SSSR count). The van der Waals surface area contributed by atoms with E-state index in [0.29, 0.717) is 24.3 Å². The lowest BCUT2D eigenvalue weighted by Crippen LogP contribution is -2.40. The molecule has 140 valence electrons. The second-order valence-electron chi connectivity index (χ2n) is 6.25. The van der Waals surface area contributed by atoms with Gasteiger partial charge >= 0.3 is 6.09 Å². The fourth-order valence-corrected chi connectivity index (χ4v) is 3.99. The highest BCUT2D eigenvalue weighted by Gasteiger charge is 2.23. The Kier molecular flexibility index (Phi) is 4.97. The van der Waals surface area contributed by atoms with Gasteiger partial charge in [0.2, 0.25) is 0 Å². The van der Waals surface area contributed by atoms with Crippen molar-refractivity contribution < 1.29 is 18.3 Å². The van der Waals surface area contributed by atoms with Crippen molar-refractivity contribution in [3.05, 3.63) is 52.4 Å². The van der Waals surface area contributed by atoms with Crippen LogP contribution < -0.4 is 16.0 Å². The lowest BCUT2D eigenvalue weighted by molar-refractivity contribution is 0.210. The van der Waals surface area contributed by atoms with E-state index in [4.69, 9.17) is 17.3 Å². The summed E-state index contributed by atoms with van der Waals surface area (Å²) in [4.78, 5) is 12.6. The summed E-state index contributed by atoms with van der Waals surface area (Å²) in [5.41, 5.74) is 7.19. The molecule has 1 fully saturated rings. The summed E-state index contributed by atoms with van der Waals surface area (Å²) in [5.74, 6) is 2.52. The maximum Gasteiger partial charge on any atom is 0.409 e. The molecule has 1 saturated heterocycles. The van der Waals surface area contributed by atoms with E-state index in [1.807, 2.05) is 4.90 Å². The van der Waals surface area contributed by atoms with Gasteiger partial charge in [-0.2, -0.15) is 0 Å². The van der Waals surface area contributed by atoms with Crippen LogP contribution in [0.15, 0.2) is 36.4 Å². The van der Waals surface area contributed by atoms with E-state index in [1.165, 1.54) is 10.4 Å². The van der Waals surface area contributed by atoms with E-state index in [9.17, 15) is 13.2 Å². The van der Waals surface area contributed by atoms with Gasteiger partial charge in [-0.15, -0.1) is 6.42 Å². The quantitative estimate of drug-likeness (QED) is 0.458. The van der Waals surface area contributed by atoms with Crippen LogP contribution in [0.2, 0.25) is 0 Å². The van der Waals surface area contributed by atoms with Crippen molar-refractivity contribution >= 4 is 33.0 Å². The Morgan fingerprint density at radius 1 is 1.15 bits per heavy atom. The zero-order valence-electron chi connectivity index (χ0n) is 14.5. The maximum atomic E-state index is 11.4. The highest BCUT2D eigenvalue weighted by Crippen LogP contribution is 2.30. The van der Waals surface area contributed by atoms with Crippen molar-refractivity contribution in [3.8, 4) is 12.3 Å². The first kappa shape index (κ1) is 18.6. The van der Waals surface area contributed by atoms with Crippen molar-refractivity contribution in [2.45, 2.75) is 0 Å². The van der Waals surface area contributed by atoms with Crippen LogP contribution in [0.4, 0.5) is 21.9 Å². The summed E-state index contributed by atoms with van der Waals surface area (Å²) in [7, 11) is -2.99. The van der Waals surface area contributed by atoms with Crippen LogP contribution in [0.1, 0.15) is 5.56 Å². The molecule has 0 atom stereocenters. The normalized spacial score (nSPS) is 15.7. The van der Waals surface area contributed by atoms with Gasteiger partial charge in [0.05, 0.1) is 28.4 Å². The molecule has 0 aromatic heterocycles. The Balaban J connectivity index is 0.000000290. The molecule has 0 unspecified atom stereocenters. The minimum atomic E-state index is -2.99. The second kappa shape index (κ2) is 7.21. The molecule has 8 heteroatoms. The first-order chi connectivity index (χ1) is 12.8. The molecule has 4 N–H and O–H groups in total. The van der Waals surface area contributed by atoms with Crippen molar-refractivity contribution in [2.75, 3.05) is 40.5 Å². The standard InChI is InChI=1S/C13H15N3O4S.C6H4/c1-2-9-7-10(8-11(12(9)14)15-13(17)18)16-3-5-21(19,20)6-4-16;1-2-6-4-3-5(1)6/h1,7-8,15H,3-6,14H2,(H,17,18);1-4H. The predicted octanol–water partition coefficient (Wildman–Crippen LogP) is 1.86. The Bertz CT molecular complexity index is 1070. The number of hydrogen-bond acceptors (Lipinski definition) is 5. The van der Waals surface area contributed by atoms with Crippen molar-refractivity contribution in [1.82, 2.24) is 0 Å². The lowest BCUT2D eigenvalue weighted by Gasteiger charge is -2.29. The van der Waals surface area contributed by atoms with Gasteiger partial charge < -0.3 is 15.7 Å². The molecule has 0 saturated carbocycles. The zero-order valence-corrected chi connectivity index (χ0v) is 15.3. The van der Waals surface area contributed by atoms with E-state index < -0.39 is 15.9 Å². The monoisotopic (exact) mass is 385 g/mol. The minimum Gasteiger partial charge on any atom is -0.465 e. The summed E-state index contributed by atoms with van der Waals surface area (Å²) < 4.78 is 22.9. The molecule has 1 aliphatic heterocycles.